The molecule has 0 atom stereocenters. The number of nitrogens with zero attached hydrogens (tertiary/aromatic N) is 2. The van der Waals surface area contributed by atoms with Crippen molar-refractivity contribution in [2.24, 2.45) is 0 Å². The highest BCUT2D eigenvalue weighted by molar-refractivity contribution is 6.47. The predicted octanol–water partition coefficient (Wildman–Crippen LogP) is 20.5. The normalized spacial score (nSPS) is 11.7. The van der Waals surface area contributed by atoms with Gasteiger partial charge in [0.25, 0.3) is 0 Å². The lowest BCUT2D eigenvalue weighted by Crippen LogP contribution is -2.10. The van der Waals surface area contributed by atoms with E-state index >= 15 is 0 Å². The molecule has 0 saturated heterocycles. The topological polar surface area (TPSA) is 24.9 Å². The summed E-state index contributed by atoms with van der Waals surface area (Å²) >= 11 is 0. The smallest absolute Gasteiger partial charge is 0.119 e. The number of ether oxygens (including phenoxy) is 2. The maximum absolute atomic E-state index is 6.09. The standard InChI is InChI=1S/C72H60N2O2/c1-5-45-75-55-37-33-53(34-38-55)73(51-29-25-47(7-3)26-30-51)63-43-41-61-67-57(63)21-15-23-59(67)69-65(49-17-11-9-12-18-49)72-62-42-44-64(58-22-16-24-60(68(58)62)70(72)66(71(61)69)50-19-13-10-14-20-50)74(52-31-27-48(8-4)28-32-52)54-35-39-56(40-36-54)76-46-6-2/h9-44H,5-8,45-46H2,1-4H3. The molecule has 0 N–H and O–H groups in total. The molecule has 0 aliphatic heterocycles. The van der Waals surface area contributed by atoms with E-state index in [1.54, 1.807) is 0 Å². The zero-order valence-corrected chi connectivity index (χ0v) is 43.7. The van der Waals surface area contributed by atoms with Gasteiger partial charge in [0.2, 0.25) is 0 Å². The number of fused-ring (bicyclic) bond motifs is 6. The summed E-state index contributed by atoms with van der Waals surface area (Å²) in [5.41, 5.74) is 14.2. The van der Waals surface area contributed by atoms with Gasteiger partial charge in [0.1, 0.15) is 11.5 Å². The number of benzene rings is 11. The molecule has 4 nitrogen and oxygen atoms in total. The Balaban J connectivity index is 1.12. The molecule has 0 aliphatic rings. The molecule has 4 heteroatoms. The van der Waals surface area contributed by atoms with Gasteiger partial charge >= 0.3 is 0 Å². The Labute approximate surface area is 445 Å². The lowest BCUT2D eigenvalue weighted by molar-refractivity contribution is 0.317. The molecule has 0 fully saturated rings. The fourth-order valence-corrected chi connectivity index (χ4v) is 12.1. The van der Waals surface area contributed by atoms with Gasteiger partial charge in [-0.25, -0.2) is 0 Å². The highest BCUT2D eigenvalue weighted by Gasteiger charge is 2.30. The molecule has 0 amide bonds. The quantitative estimate of drug-likeness (QED) is 0.0963. The summed E-state index contributed by atoms with van der Waals surface area (Å²) in [4.78, 5) is 4.85. The monoisotopic (exact) mass is 984 g/mol. The first-order valence-electron chi connectivity index (χ1n) is 27.3. The number of hydrogen-bond acceptors (Lipinski definition) is 4. The largest absolute Gasteiger partial charge is 0.494 e. The summed E-state index contributed by atoms with van der Waals surface area (Å²) in [5, 5.41) is 15.1. The Morgan fingerprint density at radius 1 is 0.289 bits per heavy atom. The third-order valence-corrected chi connectivity index (χ3v) is 15.6. The Hall–Kier alpha value is -8.86. The van der Waals surface area contributed by atoms with Gasteiger partial charge in [-0.3, -0.25) is 0 Å². The van der Waals surface area contributed by atoms with Gasteiger partial charge in [0.15, 0.2) is 0 Å². The molecule has 76 heavy (non-hydrogen) atoms. The van der Waals surface area contributed by atoms with Crippen LogP contribution in [0.4, 0.5) is 34.1 Å². The minimum Gasteiger partial charge on any atom is -0.494 e. The first-order valence-corrected chi connectivity index (χ1v) is 27.3. The third-order valence-electron chi connectivity index (χ3n) is 15.6. The molecule has 13 aromatic carbocycles. The van der Waals surface area contributed by atoms with E-state index in [1.807, 2.05) is 0 Å². The summed E-state index contributed by atoms with van der Waals surface area (Å²) < 4.78 is 12.2. The van der Waals surface area contributed by atoms with Crippen LogP contribution in [0.3, 0.4) is 0 Å². The van der Waals surface area contributed by atoms with Gasteiger partial charge in [-0.2, -0.15) is 0 Å². The molecule has 0 unspecified atom stereocenters. The van der Waals surface area contributed by atoms with Crippen LogP contribution in [0.5, 0.6) is 11.5 Å². The fourth-order valence-electron chi connectivity index (χ4n) is 12.1. The van der Waals surface area contributed by atoms with E-state index in [9.17, 15) is 0 Å². The van der Waals surface area contributed by atoms with Crippen molar-refractivity contribution in [2.45, 2.75) is 53.4 Å². The van der Waals surface area contributed by atoms with Crippen LogP contribution in [-0.4, -0.2) is 13.2 Å². The van der Waals surface area contributed by atoms with Crippen molar-refractivity contribution in [1.29, 1.82) is 0 Å². The Kier molecular flexibility index (Phi) is 12.2. The van der Waals surface area contributed by atoms with Gasteiger partial charge in [0.05, 0.1) is 24.6 Å². The number of rotatable bonds is 16. The van der Waals surface area contributed by atoms with Gasteiger partial charge in [-0.1, -0.05) is 161 Å². The third kappa shape index (κ3) is 7.82. The van der Waals surface area contributed by atoms with Crippen molar-refractivity contribution in [2.75, 3.05) is 23.0 Å². The van der Waals surface area contributed by atoms with Crippen LogP contribution in [0.25, 0.3) is 86.9 Å². The zero-order valence-electron chi connectivity index (χ0n) is 43.7. The number of aryl methyl sites for hydroxylation is 2. The van der Waals surface area contributed by atoms with E-state index in [-0.39, 0.29) is 0 Å². The second-order valence-corrected chi connectivity index (χ2v) is 20.1. The van der Waals surface area contributed by atoms with Gasteiger partial charge in [-0.15, -0.1) is 0 Å². The summed E-state index contributed by atoms with van der Waals surface area (Å²) in [7, 11) is 0. The van der Waals surface area contributed by atoms with E-state index in [2.05, 4.69) is 256 Å². The van der Waals surface area contributed by atoms with Crippen LogP contribution < -0.4 is 19.3 Å². The first-order chi connectivity index (χ1) is 37.6. The summed E-state index contributed by atoms with van der Waals surface area (Å²) in [5.74, 6) is 1.77. The molecule has 0 bridgehead atoms. The van der Waals surface area contributed by atoms with Gasteiger partial charge in [-0.05, 0) is 198 Å². The van der Waals surface area contributed by atoms with Crippen molar-refractivity contribution >= 4 is 98.8 Å². The number of hydrogen-bond donors (Lipinski definition) is 0. The van der Waals surface area contributed by atoms with Crippen molar-refractivity contribution in [3.63, 3.8) is 0 Å². The van der Waals surface area contributed by atoms with Crippen LogP contribution in [0.15, 0.2) is 218 Å². The lowest BCUT2D eigenvalue weighted by atomic mass is 9.87. The van der Waals surface area contributed by atoms with E-state index in [0.29, 0.717) is 13.2 Å². The summed E-state index contributed by atoms with van der Waals surface area (Å²) in [6.45, 7) is 10.1. The SMILES string of the molecule is CCCOc1ccc(N(c2ccc(CC)cc2)c2ccc3c4c(-c5ccccc5)c5c6cccc7c(N(c8ccc(CC)cc8)c8ccc(OCCC)cc8)ccc(c5c(-c5ccccc5)c4c4cccc2c43)c76)cc1. The molecular weight excluding hydrogens is 925 g/mol. The molecule has 0 saturated carbocycles. The molecule has 13 aromatic rings. The lowest BCUT2D eigenvalue weighted by Gasteiger charge is -2.27. The van der Waals surface area contributed by atoms with E-state index < -0.39 is 0 Å². The summed E-state index contributed by atoms with van der Waals surface area (Å²) in [6.07, 6.45) is 3.89. The van der Waals surface area contributed by atoms with E-state index in [0.717, 1.165) is 71.3 Å². The zero-order chi connectivity index (χ0) is 51.3. The minimum absolute atomic E-state index is 0.690. The highest BCUT2D eigenvalue weighted by Crippen LogP contribution is 2.57. The molecule has 0 aromatic heterocycles. The van der Waals surface area contributed by atoms with Gasteiger partial charge < -0.3 is 19.3 Å². The average Bonchev–Trinajstić information content (AvgIpc) is 4.23. The van der Waals surface area contributed by atoms with Crippen molar-refractivity contribution in [1.82, 2.24) is 0 Å². The Bertz CT molecular complexity index is 3840. The molecule has 370 valence electrons. The van der Waals surface area contributed by atoms with Crippen LogP contribution in [0, 0.1) is 0 Å². The molecule has 13 rings (SSSR count). The highest BCUT2D eigenvalue weighted by atomic mass is 16.5. The van der Waals surface area contributed by atoms with Crippen LogP contribution >= 0.6 is 0 Å². The molecule has 0 radical (unpaired) electrons. The van der Waals surface area contributed by atoms with Crippen LogP contribution in [0.2, 0.25) is 0 Å². The minimum atomic E-state index is 0.690. The predicted molar refractivity (Wildman–Crippen MR) is 324 cm³/mol. The van der Waals surface area contributed by atoms with Crippen molar-refractivity contribution in [3.8, 4) is 33.8 Å². The second-order valence-electron chi connectivity index (χ2n) is 20.1. The maximum Gasteiger partial charge on any atom is 0.119 e. The summed E-state index contributed by atoms with van der Waals surface area (Å²) in [6, 6.07) is 81.2. The fraction of sp³-hybridized carbons (Fsp3) is 0.139. The Morgan fingerprint density at radius 3 is 0.961 bits per heavy atom. The van der Waals surface area contributed by atoms with Crippen LogP contribution in [0.1, 0.15) is 51.7 Å². The maximum atomic E-state index is 6.09. The molecule has 0 spiro atoms. The number of anilines is 6. The second kappa shape index (κ2) is 19.8. The molecule has 0 aliphatic carbocycles. The van der Waals surface area contributed by atoms with E-state index in [4.69, 9.17) is 9.47 Å². The Morgan fingerprint density at radius 2 is 0.618 bits per heavy atom. The first kappa shape index (κ1) is 46.9. The molecule has 0 heterocycles. The van der Waals surface area contributed by atoms with Crippen LogP contribution in [-0.2, 0) is 12.8 Å². The van der Waals surface area contributed by atoms with Crippen molar-refractivity contribution < 1.29 is 9.47 Å². The van der Waals surface area contributed by atoms with Crippen molar-refractivity contribution in [3.05, 3.63) is 230 Å². The van der Waals surface area contributed by atoms with E-state index in [1.165, 1.54) is 98.0 Å². The van der Waals surface area contributed by atoms with Gasteiger partial charge in [0, 0.05) is 33.5 Å². The average molecular weight is 985 g/mol. The molecular formula is C72H60N2O2.